The Labute approximate surface area is 122 Å². The number of aromatic amines is 1. The van der Waals surface area contributed by atoms with Crippen molar-refractivity contribution in [2.24, 2.45) is 5.41 Å². The van der Waals surface area contributed by atoms with Crippen LogP contribution in [0.2, 0.25) is 0 Å². The van der Waals surface area contributed by atoms with Gasteiger partial charge in [-0.05, 0) is 12.8 Å². The quantitative estimate of drug-likeness (QED) is 0.735. The van der Waals surface area contributed by atoms with Crippen molar-refractivity contribution in [1.29, 1.82) is 0 Å². The largest absolute Gasteiger partial charge is 0.396 e. The lowest BCUT2D eigenvalue weighted by Gasteiger charge is -2.38. The summed E-state index contributed by atoms with van der Waals surface area (Å²) in [5.41, 5.74) is 6.89. The van der Waals surface area contributed by atoms with Crippen molar-refractivity contribution in [3.63, 3.8) is 0 Å². The van der Waals surface area contributed by atoms with Crippen molar-refractivity contribution in [1.82, 2.24) is 19.9 Å². The summed E-state index contributed by atoms with van der Waals surface area (Å²) in [6.45, 7) is 2.17. The first-order valence-electron chi connectivity index (χ1n) is 7.00. The standard InChI is InChI=1S/C13H20N6O2/c1-19(6-13(7-20)2-4-21-5-3-13)11-9-10(16-8-15-9)17-12(14)18-11/h8,20H,2-7H2,1H3,(H3,14,15,16,17,18). The summed E-state index contributed by atoms with van der Waals surface area (Å²) in [5, 5.41) is 9.81. The van der Waals surface area contributed by atoms with E-state index in [-0.39, 0.29) is 18.0 Å². The van der Waals surface area contributed by atoms with E-state index in [9.17, 15) is 5.11 Å². The topological polar surface area (TPSA) is 113 Å². The molecule has 114 valence electrons. The van der Waals surface area contributed by atoms with Crippen LogP contribution in [0.5, 0.6) is 0 Å². The molecule has 21 heavy (non-hydrogen) atoms. The molecule has 3 rings (SSSR count). The van der Waals surface area contributed by atoms with E-state index in [0.717, 1.165) is 18.4 Å². The van der Waals surface area contributed by atoms with Crippen LogP contribution in [0.15, 0.2) is 6.33 Å². The van der Waals surface area contributed by atoms with Crippen LogP contribution in [0, 0.1) is 5.41 Å². The maximum absolute atomic E-state index is 9.81. The van der Waals surface area contributed by atoms with Crippen LogP contribution in [0.4, 0.5) is 11.8 Å². The highest BCUT2D eigenvalue weighted by molar-refractivity contribution is 5.84. The third-order valence-corrected chi connectivity index (χ3v) is 4.11. The minimum absolute atomic E-state index is 0.132. The zero-order chi connectivity index (χ0) is 14.9. The van der Waals surface area contributed by atoms with Crippen molar-refractivity contribution in [2.75, 3.05) is 44.0 Å². The molecule has 8 nitrogen and oxygen atoms in total. The first-order chi connectivity index (χ1) is 10.1. The second-order valence-corrected chi connectivity index (χ2v) is 5.63. The molecule has 0 bridgehead atoms. The highest BCUT2D eigenvalue weighted by Gasteiger charge is 2.34. The lowest BCUT2D eigenvalue weighted by Crippen LogP contribution is -2.43. The molecule has 0 aromatic carbocycles. The Balaban J connectivity index is 1.89. The highest BCUT2D eigenvalue weighted by Crippen LogP contribution is 2.32. The second kappa shape index (κ2) is 5.45. The number of rotatable bonds is 4. The third kappa shape index (κ3) is 2.64. The summed E-state index contributed by atoms with van der Waals surface area (Å²) in [5.74, 6) is 0.899. The molecular weight excluding hydrogens is 272 g/mol. The number of fused-ring (bicyclic) bond motifs is 1. The first-order valence-corrected chi connectivity index (χ1v) is 7.00. The average molecular weight is 292 g/mol. The van der Waals surface area contributed by atoms with Gasteiger partial charge in [-0.25, -0.2) is 4.98 Å². The Morgan fingerprint density at radius 3 is 2.90 bits per heavy atom. The lowest BCUT2D eigenvalue weighted by atomic mass is 9.80. The predicted molar refractivity (Wildman–Crippen MR) is 78.9 cm³/mol. The molecule has 0 aliphatic carbocycles. The summed E-state index contributed by atoms with van der Waals surface area (Å²) in [7, 11) is 1.94. The van der Waals surface area contributed by atoms with Gasteiger partial charge in [-0.3, -0.25) is 0 Å². The van der Waals surface area contributed by atoms with Gasteiger partial charge in [-0.1, -0.05) is 0 Å². The molecule has 0 saturated carbocycles. The second-order valence-electron chi connectivity index (χ2n) is 5.63. The molecule has 3 heterocycles. The van der Waals surface area contributed by atoms with Gasteiger partial charge >= 0.3 is 0 Å². The molecule has 1 saturated heterocycles. The summed E-state index contributed by atoms with van der Waals surface area (Å²) < 4.78 is 5.40. The number of anilines is 2. The average Bonchev–Trinajstić information content (AvgIpc) is 2.95. The molecular formula is C13H20N6O2. The van der Waals surface area contributed by atoms with Crippen molar-refractivity contribution >= 4 is 22.9 Å². The molecule has 2 aromatic rings. The van der Waals surface area contributed by atoms with Crippen molar-refractivity contribution in [3.05, 3.63) is 6.33 Å². The van der Waals surface area contributed by atoms with Gasteiger partial charge in [0.25, 0.3) is 0 Å². The summed E-state index contributed by atoms with van der Waals surface area (Å²) in [6.07, 6.45) is 3.24. The van der Waals surface area contributed by atoms with Crippen LogP contribution in [-0.2, 0) is 4.74 Å². The number of ether oxygens (including phenoxy) is 1. The Bertz CT molecular complexity index is 622. The zero-order valence-corrected chi connectivity index (χ0v) is 12.0. The van der Waals surface area contributed by atoms with Gasteiger partial charge in [0.1, 0.15) is 5.52 Å². The number of aliphatic hydroxyl groups is 1. The molecule has 1 aliphatic rings. The van der Waals surface area contributed by atoms with E-state index in [1.54, 1.807) is 6.33 Å². The molecule has 4 N–H and O–H groups in total. The monoisotopic (exact) mass is 292 g/mol. The van der Waals surface area contributed by atoms with Crippen LogP contribution in [0.1, 0.15) is 12.8 Å². The normalized spacial score (nSPS) is 18.0. The van der Waals surface area contributed by atoms with Gasteiger partial charge < -0.3 is 25.5 Å². The summed E-state index contributed by atoms with van der Waals surface area (Å²) >= 11 is 0. The van der Waals surface area contributed by atoms with Crippen molar-refractivity contribution < 1.29 is 9.84 Å². The maximum atomic E-state index is 9.81. The number of nitrogens with two attached hydrogens (primary N) is 1. The maximum Gasteiger partial charge on any atom is 0.224 e. The van der Waals surface area contributed by atoms with Gasteiger partial charge in [0.2, 0.25) is 5.95 Å². The predicted octanol–water partition coefficient (Wildman–Crippen LogP) is 0.160. The molecule has 1 fully saturated rings. The van der Waals surface area contributed by atoms with Crippen LogP contribution in [-0.4, -0.2) is 58.5 Å². The van der Waals surface area contributed by atoms with E-state index in [2.05, 4.69) is 19.9 Å². The molecule has 8 heteroatoms. The van der Waals surface area contributed by atoms with Gasteiger partial charge in [0, 0.05) is 32.2 Å². The number of aliphatic hydroxyl groups excluding tert-OH is 1. The Morgan fingerprint density at radius 1 is 1.43 bits per heavy atom. The molecule has 0 spiro atoms. The van der Waals surface area contributed by atoms with Crippen LogP contribution >= 0.6 is 0 Å². The van der Waals surface area contributed by atoms with E-state index in [4.69, 9.17) is 10.5 Å². The SMILES string of the molecule is CN(CC1(CO)CCOCC1)c1nc(N)nc2nc[nH]c12. The number of nitrogens with one attached hydrogen (secondary N) is 1. The molecule has 0 radical (unpaired) electrons. The van der Waals surface area contributed by atoms with E-state index >= 15 is 0 Å². The minimum atomic E-state index is -0.168. The third-order valence-electron chi connectivity index (χ3n) is 4.11. The van der Waals surface area contributed by atoms with Gasteiger partial charge in [-0.15, -0.1) is 0 Å². The molecule has 2 aromatic heterocycles. The fraction of sp³-hybridized carbons (Fsp3) is 0.615. The first kappa shape index (κ1) is 14.0. The fourth-order valence-corrected chi connectivity index (χ4v) is 2.86. The van der Waals surface area contributed by atoms with Gasteiger partial charge in [0.15, 0.2) is 11.5 Å². The Kier molecular flexibility index (Phi) is 3.64. The van der Waals surface area contributed by atoms with E-state index in [0.29, 0.717) is 31.2 Å². The molecule has 0 amide bonds. The minimum Gasteiger partial charge on any atom is -0.396 e. The van der Waals surface area contributed by atoms with Crippen LogP contribution < -0.4 is 10.6 Å². The molecule has 1 aliphatic heterocycles. The lowest BCUT2D eigenvalue weighted by molar-refractivity contribution is -0.0113. The Morgan fingerprint density at radius 2 is 2.19 bits per heavy atom. The number of nitrogens with zero attached hydrogens (tertiary/aromatic N) is 4. The molecule has 0 atom stereocenters. The number of nitrogen functional groups attached to an aromatic ring is 1. The van der Waals surface area contributed by atoms with Crippen LogP contribution in [0.3, 0.4) is 0 Å². The number of hydrogen-bond donors (Lipinski definition) is 3. The zero-order valence-electron chi connectivity index (χ0n) is 12.0. The van der Waals surface area contributed by atoms with Gasteiger partial charge in [-0.2, -0.15) is 9.97 Å². The fourth-order valence-electron chi connectivity index (χ4n) is 2.86. The van der Waals surface area contributed by atoms with Crippen molar-refractivity contribution in [2.45, 2.75) is 12.8 Å². The van der Waals surface area contributed by atoms with Crippen molar-refractivity contribution in [3.8, 4) is 0 Å². The summed E-state index contributed by atoms with van der Waals surface area (Å²) in [6, 6.07) is 0. The number of H-pyrrole nitrogens is 1. The number of imidazole rings is 1. The number of hydrogen-bond acceptors (Lipinski definition) is 7. The Hall–Kier alpha value is -1.93. The smallest absolute Gasteiger partial charge is 0.224 e. The van der Waals surface area contributed by atoms with E-state index in [1.807, 2.05) is 11.9 Å². The summed E-state index contributed by atoms with van der Waals surface area (Å²) in [4.78, 5) is 17.6. The number of aromatic nitrogens is 4. The molecule has 0 unspecified atom stereocenters. The van der Waals surface area contributed by atoms with Gasteiger partial charge in [0.05, 0.1) is 12.9 Å². The highest BCUT2D eigenvalue weighted by atomic mass is 16.5. The van der Waals surface area contributed by atoms with E-state index < -0.39 is 0 Å². The van der Waals surface area contributed by atoms with E-state index in [1.165, 1.54) is 0 Å². The van der Waals surface area contributed by atoms with Crippen LogP contribution in [0.25, 0.3) is 11.2 Å².